The van der Waals surface area contributed by atoms with Crippen LogP contribution in [0.1, 0.15) is 11.5 Å². The highest BCUT2D eigenvalue weighted by Crippen LogP contribution is 2.31. The monoisotopic (exact) mass is 467 g/mol. The molecule has 0 saturated carbocycles. The lowest BCUT2D eigenvalue weighted by Crippen LogP contribution is -2.28. The molecule has 168 valence electrons. The van der Waals surface area contributed by atoms with Crippen molar-refractivity contribution in [1.29, 1.82) is 0 Å². The minimum atomic E-state index is -5.87. The second kappa shape index (κ2) is 7.22. The van der Waals surface area contributed by atoms with Crippen molar-refractivity contribution in [3.8, 4) is 22.7 Å². The van der Waals surface area contributed by atoms with Crippen molar-refractivity contribution in [3.63, 3.8) is 0 Å². The van der Waals surface area contributed by atoms with E-state index in [0.717, 1.165) is 0 Å². The Hall–Kier alpha value is -3.61. The fourth-order valence-electron chi connectivity index (χ4n) is 3.26. The highest BCUT2D eigenvalue weighted by Gasteiger charge is 2.49. The van der Waals surface area contributed by atoms with Crippen LogP contribution in [0.3, 0.4) is 0 Å². The number of hydrogen-bond acceptors (Lipinski definition) is 6. The first-order valence-electron chi connectivity index (χ1n) is 9.11. The Labute approximate surface area is 179 Å². The van der Waals surface area contributed by atoms with Gasteiger partial charge in [0.1, 0.15) is 11.3 Å². The molecule has 13 heteroatoms. The van der Waals surface area contributed by atoms with Gasteiger partial charge in [0.2, 0.25) is 0 Å². The Morgan fingerprint density at radius 2 is 1.69 bits per heavy atom. The average molecular weight is 467 g/mol. The van der Waals surface area contributed by atoms with E-state index in [1.807, 2.05) is 0 Å². The maximum atomic E-state index is 12.7. The number of fused-ring (bicyclic) bond motifs is 1. The van der Waals surface area contributed by atoms with Crippen molar-refractivity contribution in [2.45, 2.75) is 19.4 Å². The third-order valence-electron chi connectivity index (χ3n) is 4.69. The molecule has 0 aliphatic carbocycles. The Kier molecular flexibility index (Phi) is 4.88. The number of rotatable bonds is 4. The molecule has 1 aromatic carbocycles. The first kappa shape index (κ1) is 21.6. The normalized spacial score (nSPS) is 12.4. The number of nitrogens with zero attached hydrogens (tertiary/aromatic N) is 5. The maximum Gasteiger partial charge on any atom is 0.534 e. The van der Waals surface area contributed by atoms with Crippen molar-refractivity contribution in [2.75, 3.05) is 0 Å². The van der Waals surface area contributed by atoms with Gasteiger partial charge < -0.3 is 8.58 Å². The molecule has 0 aliphatic heterocycles. The molecule has 32 heavy (non-hydrogen) atoms. The second-order valence-electron chi connectivity index (χ2n) is 7.03. The molecule has 0 amide bonds. The van der Waals surface area contributed by atoms with Crippen LogP contribution < -0.4 is 9.87 Å². The van der Waals surface area contributed by atoms with E-state index in [-0.39, 0.29) is 16.9 Å². The van der Waals surface area contributed by atoms with Gasteiger partial charge in [0.15, 0.2) is 0 Å². The van der Waals surface area contributed by atoms with Crippen LogP contribution in [-0.2, 0) is 17.2 Å². The van der Waals surface area contributed by atoms with Gasteiger partial charge in [0, 0.05) is 25.0 Å². The number of alkyl halides is 3. The zero-order valence-corrected chi connectivity index (χ0v) is 17.8. The summed E-state index contributed by atoms with van der Waals surface area (Å²) >= 11 is 0. The van der Waals surface area contributed by atoms with E-state index >= 15 is 0 Å². The van der Waals surface area contributed by atoms with E-state index in [9.17, 15) is 26.4 Å². The Bertz CT molecular complexity index is 1500. The van der Waals surface area contributed by atoms with Gasteiger partial charge in [-0.2, -0.15) is 26.7 Å². The number of aryl methyl sites for hydroxylation is 3. The summed E-state index contributed by atoms with van der Waals surface area (Å²) < 4.78 is 69.5. The molecule has 0 atom stereocenters. The Balaban J connectivity index is 1.76. The molecule has 0 radical (unpaired) electrons. The van der Waals surface area contributed by atoms with Crippen LogP contribution in [-0.4, -0.2) is 37.7 Å². The van der Waals surface area contributed by atoms with Gasteiger partial charge in [0.05, 0.1) is 11.4 Å². The predicted molar refractivity (Wildman–Crippen MR) is 108 cm³/mol. The third-order valence-corrected chi connectivity index (χ3v) is 5.63. The van der Waals surface area contributed by atoms with E-state index in [1.165, 1.54) is 32.8 Å². The summed E-state index contributed by atoms with van der Waals surface area (Å²) in [6.07, 6.45) is 3.13. The third kappa shape index (κ3) is 3.64. The van der Waals surface area contributed by atoms with Gasteiger partial charge in [-0.25, -0.2) is 19.0 Å². The van der Waals surface area contributed by atoms with Crippen LogP contribution in [0.4, 0.5) is 13.2 Å². The van der Waals surface area contributed by atoms with E-state index in [2.05, 4.69) is 14.3 Å². The highest BCUT2D eigenvalue weighted by molar-refractivity contribution is 7.88. The molecular weight excluding hydrogens is 451 g/mol. The second-order valence-corrected chi connectivity index (χ2v) is 8.57. The molecule has 0 aliphatic rings. The van der Waals surface area contributed by atoms with Crippen molar-refractivity contribution >= 4 is 15.6 Å². The van der Waals surface area contributed by atoms with Gasteiger partial charge in [0.25, 0.3) is 5.88 Å². The maximum absolute atomic E-state index is 12.7. The number of hydrogen-bond donors (Lipinski definition) is 0. The van der Waals surface area contributed by atoms with Gasteiger partial charge >= 0.3 is 21.3 Å². The Morgan fingerprint density at radius 1 is 1.03 bits per heavy atom. The Morgan fingerprint density at radius 3 is 2.25 bits per heavy atom. The zero-order valence-electron chi connectivity index (χ0n) is 17.0. The van der Waals surface area contributed by atoms with Crippen LogP contribution in [0.15, 0.2) is 47.5 Å². The van der Waals surface area contributed by atoms with Crippen LogP contribution in [0.2, 0.25) is 0 Å². The number of aromatic nitrogens is 5. The molecule has 0 unspecified atom stereocenters. The lowest BCUT2D eigenvalue weighted by molar-refractivity contribution is -0.0501. The molecule has 0 saturated heterocycles. The van der Waals surface area contributed by atoms with Gasteiger partial charge in [-0.3, -0.25) is 0 Å². The van der Waals surface area contributed by atoms with Gasteiger partial charge in [-0.1, -0.05) is 12.1 Å². The minimum absolute atomic E-state index is 0.0434. The molecule has 0 bridgehead atoms. The lowest BCUT2D eigenvalue weighted by Gasteiger charge is -2.10. The quantitative estimate of drug-likeness (QED) is 0.338. The standard InChI is InChI=1S/C19H16F3N5O4S/c1-11-9-26-10-14(8-16(26)17(23-11)31-32(29,30)19(20,21)22)13-4-6-15(7-5-13)27-12(2)24-25(3)18(27)28/h4-10H,1-3H3. The lowest BCUT2D eigenvalue weighted by atomic mass is 10.1. The number of halogens is 3. The van der Waals surface area contributed by atoms with Crippen LogP contribution in [0.25, 0.3) is 22.3 Å². The molecule has 0 N–H and O–H groups in total. The molecule has 4 rings (SSSR count). The summed E-state index contributed by atoms with van der Waals surface area (Å²) in [4.78, 5) is 16.0. The first-order valence-corrected chi connectivity index (χ1v) is 10.5. The van der Waals surface area contributed by atoms with E-state index < -0.39 is 21.5 Å². The minimum Gasteiger partial charge on any atom is -0.353 e. The molecule has 0 spiro atoms. The van der Waals surface area contributed by atoms with Crippen LogP contribution in [0, 0.1) is 13.8 Å². The van der Waals surface area contributed by atoms with Gasteiger partial charge in [-0.05, 0) is 37.6 Å². The zero-order chi connectivity index (χ0) is 23.4. The van der Waals surface area contributed by atoms with Crippen molar-refractivity contribution < 1.29 is 25.8 Å². The SMILES string of the molecule is Cc1cn2cc(-c3ccc(-n4c(C)nn(C)c4=O)cc3)cc2c(OS(=O)(=O)C(F)(F)F)n1. The van der Waals surface area contributed by atoms with Crippen LogP contribution in [0.5, 0.6) is 5.88 Å². The van der Waals surface area contributed by atoms with Crippen molar-refractivity contribution in [3.05, 3.63) is 64.7 Å². The predicted octanol–water partition coefficient (Wildman–Crippen LogP) is 2.73. The van der Waals surface area contributed by atoms with Gasteiger partial charge in [-0.15, -0.1) is 0 Å². The fourth-order valence-corrected chi connectivity index (χ4v) is 3.69. The molecule has 9 nitrogen and oxygen atoms in total. The fraction of sp³-hybridized carbons (Fsp3) is 0.211. The average Bonchev–Trinajstić information content (AvgIpc) is 3.21. The van der Waals surface area contributed by atoms with Crippen LogP contribution >= 0.6 is 0 Å². The number of benzene rings is 1. The summed E-state index contributed by atoms with van der Waals surface area (Å²) in [6.45, 7) is 3.19. The van der Waals surface area contributed by atoms with Crippen molar-refractivity contribution in [1.82, 2.24) is 23.7 Å². The molecule has 3 heterocycles. The molecular formula is C19H16F3N5O4S. The summed E-state index contributed by atoms with van der Waals surface area (Å²) in [5, 5.41) is 4.07. The van der Waals surface area contributed by atoms with E-state index in [4.69, 9.17) is 0 Å². The summed E-state index contributed by atoms with van der Waals surface area (Å²) in [5.41, 5.74) is -3.74. The van der Waals surface area contributed by atoms with E-state index in [0.29, 0.717) is 22.6 Å². The molecule has 4 aromatic rings. The largest absolute Gasteiger partial charge is 0.534 e. The molecule has 3 aromatic heterocycles. The van der Waals surface area contributed by atoms with Crippen molar-refractivity contribution in [2.24, 2.45) is 7.05 Å². The summed E-state index contributed by atoms with van der Waals surface area (Å²) in [5.74, 6) is -0.170. The molecule has 0 fully saturated rings. The highest BCUT2D eigenvalue weighted by atomic mass is 32.2. The summed E-state index contributed by atoms with van der Waals surface area (Å²) in [7, 11) is -4.33. The first-order chi connectivity index (χ1) is 14.9. The summed E-state index contributed by atoms with van der Waals surface area (Å²) in [6, 6.07) is 8.29. The smallest absolute Gasteiger partial charge is 0.353 e. The topological polar surface area (TPSA) is 100 Å². The van der Waals surface area contributed by atoms with E-state index in [1.54, 1.807) is 44.4 Å².